The van der Waals surface area contributed by atoms with Gasteiger partial charge < -0.3 is 4.42 Å². The van der Waals surface area contributed by atoms with Crippen LogP contribution in [-0.2, 0) is 12.7 Å². The number of halogens is 3. The molecule has 114 valence electrons. The summed E-state index contributed by atoms with van der Waals surface area (Å²) in [5, 5.41) is 0. The highest BCUT2D eigenvalue weighted by molar-refractivity contribution is 5.58. The van der Waals surface area contributed by atoms with Crippen LogP contribution in [0, 0.1) is 0 Å². The quantitative estimate of drug-likeness (QED) is 0.865. The Balaban J connectivity index is 2.30. The minimum Gasteiger partial charge on any atom is -0.444 e. The van der Waals surface area contributed by atoms with E-state index in [0.29, 0.717) is 18.3 Å². The van der Waals surface area contributed by atoms with Gasteiger partial charge in [-0.25, -0.2) is 4.98 Å². The Hall–Kier alpha value is -1.89. The molecule has 0 spiro atoms. The Labute approximate surface area is 120 Å². The summed E-state index contributed by atoms with van der Waals surface area (Å²) in [6, 6.07) is 1.22. The maximum absolute atomic E-state index is 13.0. The molecule has 4 nitrogen and oxygen atoms in total. The third-order valence-electron chi connectivity index (χ3n) is 3.20. The van der Waals surface area contributed by atoms with Gasteiger partial charge in [-0.3, -0.25) is 9.88 Å². The highest BCUT2D eigenvalue weighted by Crippen LogP contribution is 2.36. The monoisotopic (exact) mass is 299 g/mol. The molecular weight excluding hydrogens is 283 g/mol. The van der Waals surface area contributed by atoms with E-state index in [-0.39, 0.29) is 11.5 Å². The molecule has 0 aliphatic heterocycles. The van der Waals surface area contributed by atoms with Gasteiger partial charge in [0.1, 0.15) is 6.26 Å². The molecule has 0 fully saturated rings. The van der Waals surface area contributed by atoms with Crippen molar-refractivity contribution in [3.8, 4) is 11.5 Å². The number of nitrogens with zero attached hydrogens (tertiary/aromatic N) is 3. The molecule has 0 unspecified atom stereocenters. The lowest BCUT2D eigenvalue weighted by molar-refractivity contribution is -0.137. The third kappa shape index (κ3) is 3.60. The fourth-order valence-electron chi connectivity index (χ4n) is 1.75. The number of hydrogen-bond donors (Lipinski definition) is 0. The first-order chi connectivity index (χ1) is 9.79. The lowest BCUT2D eigenvalue weighted by Crippen LogP contribution is -2.25. The maximum Gasteiger partial charge on any atom is 0.417 e. The van der Waals surface area contributed by atoms with Crippen LogP contribution in [0.2, 0.25) is 0 Å². The van der Waals surface area contributed by atoms with Gasteiger partial charge in [-0.1, -0.05) is 0 Å². The molecule has 21 heavy (non-hydrogen) atoms. The zero-order valence-electron chi connectivity index (χ0n) is 12.0. The first-order valence-corrected chi connectivity index (χ1v) is 6.45. The third-order valence-corrected chi connectivity index (χ3v) is 3.20. The fourth-order valence-corrected chi connectivity index (χ4v) is 1.75. The van der Waals surface area contributed by atoms with Crippen molar-refractivity contribution in [1.82, 2.24) is 14.9 Å². The van der Waals surface area contributed by atoms with Crippen molar-refractivity contribution >= 4 is 0 Å². The van der Waals surface area contributed by atoms with E-state index in [0.717, 1.165) is 18.5 Å². The van der Waals surface area contributed by atoms with Gasteiger partial charge in [-0.15, -0.1) is 0 Å². The molecule has 0 atom stereocenters. The highest BCUT2D eigenvalue weighted by atomic mass is 19.4. The lowest BCUT2D eigenvalue weighted by atomic mass is 10.1. The second kappa shape index (κ2) is 5.85. The molecule has 2 rings (SSSR count). The van der Waals surface area contributed by atoms with Crippen LogP contribution < -0.4 is 0 Å². The highest BCUT2D eigenvalue weighted by Gasteiger charge is 2.34. The molecule has 0 aromatic carbocycles. The second-order valence-corrected chi connectivity index (χ2v) is 5.07. The summed E-state index contributed by atoms with van der Waals surface area (Å²) in [4.78, 5) is 9.86. The van der Waals surface area contributed by atoms with Crippen LogP contribution in [0.15, 0.2) is 29.1 Å². The van der Waals surface area contributed by atoms with E-state index < -0.39 is 11.7 Å². The normalized spacial score (nSPS) is 12.4. The molecule has 7 heteroatoms. The predicted octanol–water partition coefficient (Wildman–Crippen LogP) is 3.60. The number of hydrogen-bond acceptors (Lipinski definition) is 4. The minimum absolute atomic E-state index is 0.0671. The van der Waals surface area contributed by atoms with Gasteiger partial charge in [0.15, 0.2) is 0 Å². The van der Waals surface area contributed by atoms with Gasteiger partial charge in [0.2, 0.25) is 5.89 Å². The van der Waals surface area contributed by atoms with Gasteiger partial charge >= 0.3 is 6.18 Å². The number of pyridine rings is 1. The molecule has 2 heterocycles. The van der Waals surface area contributed by atoms with Crippen molar-refractivity contribution < 1.29 is 17.6 Å². The van der Waals surface area contributed by atoms with Crippen molar-refractivity contribution in [3.05, 3.63) is 36.0 Å². The largest absolute Gasteiger partial charge is 0.444 e. The Morgan fingerprint density at radius 3 is 2.67 bits per heavy atom. The maximum atomic E-state index is 13.0. The molecule has 0 aliphatic carbocycles. The summed E-state index contributed by atoms with van der Waals surface area (Å²) in [6.07, 6.45) is -0.879. The van der Waals surface area contributed by atoms with Gasteiger partial charge in [0.25, 0.3) is 0 Å². The van der Waals surface area contributed by atoms with Crippen molar-refractivity contribution in [2.24, 2.45) is 0 Å². The molecule has 0 saturated heterocycles. The Bertz CT molecular complexity index is 608. The van der Waals surface area contributed by atoms with Gasteiger partial charge in [-0.2, -0.15) is 13.2 Å². The van der Waals surface area contributed by atoms with Crippen molar-refractivity contribution in [2.45, 2.75) is 32.6 Å². The summed E-state index contributed by atoms with van der Waals surface area (Å²) >= 11 is 0. The van der Waals surface area contributed by atoms with E-state index in [2.05, 4.69) is 9.97 Å². The molecule has 0 amide bonds. The minimum atomic E-state index is -4.47. The number of oxazole rings is 1. The fraction of sp³-hybridized carbons (Fsp3) is 0.429. The summed E-state index contributed by atoms with van der Waals surface area (Å²) in [5.74, 6) is -0.0671. The van der Waals surface area contributed by atoms with E-state index in [1.807, 2.05) is 25.8 Å². The summed E-state index contributed by atoms with van der Waals surface area (Å²) in [6.45, 7) is 4.54. The van der Waals surface area contributed by atoms with E-state index >= 15 is 0 Å². The van der Waals surface area contributed by atoms with Crippen LogP contribution >= 0.6 is 0 Å². The lowest BCUT2D eigenvalue weighted by Gasteiger charge is -2.18. The Morgan fingerprint density at radius 1 is 1.33 bits per heavy atom. The first-order valence-electron chi connectivity index (χ1n) is 6.45. The predicted molar refractivity (Wildman–Crippen MR) is 71.3 cm³/mol. The first kappa shape index (κ1) is 15.5. The van der Waals surface area contributed by atoms with E-state index in [1.165, 1.54) is 6.26 Å². The molecule has 0 radical (unpaired) electrons. The van der Waals surface area contributed by atoms with Crippen LogP contribution in [0.3, 0.4) is 0 Å². The van der Waals surface area contributed by atoms with Gasteiger partial charge in [0.05, 0.1) is 16.8 Å². The molecule has 0 saturated carbocycles. The van der Waals surface area contributed by atoms with Crippen LogP contribution in [0.5, 0.6) is 0 Å². The topological polar surface area (TPSA) is 42.2 Å². The van der Waals surface area contributed by atoms with Gasteiger partial charge in [-0.05, 0) is 27.0 Å². The smallest absolute Gasteiger partial charge is 0.417 e. The zero-order chi connectivity index (χ0) is 15.6. The number of aromatic nitrogens is 2. The van der Waals surface area contributed by atoms with Crippen LogP contribution in [-0.4, -0.2) is 28.0 Å². The van der Waals surface area contributed by atoms with Crippen LogP contribution in [0.25, 0.3) is 11.5 Å². The molecule has 0 aliphatic rings. The van der Waals surface area contributed by atoms with Crippen molar-refractivity contribution in [2.75, 3.05) is 7.05 Å². The Morgan fingerprint density at radius 2 is 2.05 bits per heavy atom. The summed E-state index contributed by atoms with van der Waals surface area (Å²) < 4.78 is 44.0. The molecule has 2 aromatic heterocycles. The van der Waals surface area contributed by atoms with E-state index in [4.69, 9.17) is 4.42 Å². The van der Waals surface area contributed by atoms with Gasteiger partial charge in [0, 0.05) is 25.0 Å². The second-order valence-electron chi connectivity index (χ2n) is 5.07. The number of rotatable bonds is 4. The summed E-state index contributed by atoms with van der Waals surface area (Å²) in [5.41, 5.74) is -0.371. The zero-order valence-corrected chi connectivity index (χ0v) is 12.0. The summed E-state index contributed by atoms with van der Waals surface area (Å²) in [7, 11) is 1.91. The van der Waals surface area contributed by atoms with Crippen molar-refractivity contribution in [1.29, 1.82) is 0 Å². The Kier molecular flexibility index (Phi) is 4.32. The van der Waals surface area contributed by atoms with E-state index in [9.17, 15) is 13.2 Å². The standard InChI is InChI=1S/C14H16F3N3O/c1-9(2)20(3)7-10-8-21-13(19-10)11-6-18-5-4-12(11)14(15,16)17/h4-6,8-9H,7H2,1-3H3. The average Bonchev–Trinajstić information content (AvgIpc) is 2.86. The molecule has 2 aromatic rings. The molecule has 0 bridgehead atoms. The van der Waals surface area contributed by atoms with Crippen LogP contribution in [0.4, 0.5) is 13.2 Å². The number of alkyl halides is 3. The van der Waals surface area contributed by atoms with Crippen LogP contribution in [0.1, 0.15) is 25.1 Å². The van der Waals surface area contributed by atoms with Crippen molar-refractivity contribution in [3.63, 3.8) is 0 Å². The molecule has 0 N–H and O–H groups in total. The average molecular weight is 299 g/mol. The SMILES string of the molecule is CC(C)N(C)Cc1coc(-c2cnccc2C(F)(F)F)n1. The van der Waals surface area contributed by atoms with E-state index in [1.54, 1.807) is 0 Å². The molecular formula is C14H16F3N3O.